The molecule has 2 aromatic heterocycles. The number of benzene rings is 3. The summed E-state index contributed by atoms with van der Waals surface area (Å²) in [5, 5.41) is 4.50. The summed E-state index contributed by atoms with van der Waals surface area (Å²) in [5.41, 5.74) is 4.26. The quantitative estimate of drug-likeness (QED) is 0.231. The van der Waals surface area contributed by atoms with Crippen LogP contribution in [0.1, 0.15) is 5.56 Å². The highest BCUT2D eigenvalue weighted by Gasteiger charge is 2.20. The average Bonchev–Trinajstić information content (AvgIpc) is 3.33. The van der Waals surface area contributed by atoms with Crippen molar-refractivity contribution in [2.45, 2.75) is 11.7 Å². The summed E-state index contributed by atoms with van der Waals surface area (Å²) >= 11 is 6.44. The number of para-hydroxylation sites is 2. The van der Waals surface area contributed by atoms with Gasteiger partial charge in [-0.1, -0.05) is 69.7 Å². The number of aromatic amines is 1. The van der Waals surface area contributed by atoms with Crippen LogP contribution >= 0.6 is 39.0 Å². The number of nitrogens with one attached hydrogen (secondary N) is 2. The molecule has 2 N–H and O–H groups in total. The predicted molar refractivity (Wildman–Crippen MR) is 131 cm³/mol. The van der Waals surface area contributed by atoms with Gasteiger partial charge in [0, 0.05) is 4.47 Å². The number of aromatic nitrogens is 3. The van der Waals surface area contributed by atoms with Crippen LogP contribution in [0.5, 0.6) is 0 Å². The lowest BCUT2D eigenvalue weighted by atomic mass is 10.2. The van der Waals surface area contributed by atoms with E-state index in [0.29, 0.717) is 10.9 Å². The third-order valence-electron chi connectivity index (χ3n) is 4.80. The van der Waals surface area contributed by atoms with Crippen LogP contribution < -0.4 is 9.88 Å². The summed E-state index contributed by atoms with van der Waals surface area (Å²) in [5.74, 6) is 0.217. The number of hydrogen-bond acceptors (Lipinski definition) is 4. The Balaban J connectivity index is 1.33. The van der Waals surface area contributed by atoms with Crippen molar-refractivity contribution in [2.75, 3.05) is 11.1 Å². The van der Waals surface area contributed by atoms with E-state index in [1.54, 1.807) is 0 Å². The molecule has 0 aliphatic carbocycles. The minimum absolute atomic E-state index is 0.0759. The number of halogens is 1. The number of rotatable bonds is 6. The van der Waals surface area contributed by atoms with E-state index in [2.05, 4.69) is 60.0 Å². The van der Waals surface area contributed by atoms with E-state index < -0.39 is 0 Å². The second kappa shape index (κ2) is 8.82. The maximum Gasteiger partial charge on any atom is 0.317 e. The van der Waals surface area contributed by atoms with Gasteiger partial charge in [0.2, 0.25) is 5.91 Å². The summed E-state index contributed by atoms with van der Waals surface area (Å²) < 4.78 is 4.25. The predicted octanol–water partition coefficient (Wildman–Crippen LogP) is 5.61. The number of thioether (sulfide) groups is 1. The van der Waals surface area contributed by atoms with Gasteiger partial charge in [-0.25, -0.2) is 14.5 Å². The van der Waals surface area contributed by atoms with Crippen LogP contribution in [0, 0.1) is 0 Å². The third-order valence-corrected chi connectivity index (χ3v) is 7.23. The van der Waals surface area contributed by atoms with Gasteiger partial charge < -0.3 is 5.32 Å². The fraction of sp³-hybridized carbons (Fsp3) is 0.0870. The fourth-order valence-corrected chi connectivity index (χ4v) is 5.66. The van der Waals surface area contributed by atoms with Crippen LogP contribution in [0.25, 0.3) is 21.3 Å². The molecule has 0 spiro atoms. The van der Waals surface area contributed by atoms with Crippen molar-refractivity contribution in [3.63, 3.8) is 0 Å². The van der Waals surface area contributed by atoms with E-state index in [-0.39, 0.29) is 5.91 Å². The number of fused-ring (bicyclic) bond motifs is 2. The van der Waals surface area contributed by atoms with E-state index in [1.165, 1.54) is 28.7 Å². The lowest BCUT2D eigenvalue weighted by molar-refractivity contribution is -0.700. The molecule has 0 aliphatic heterocycles. The normalized spacial score (nSPS) is 11.3. The summed E-state index contributed by atoms with van der Waals surface area (Å²) in [4.78, 5) is 20.6. The molecule has 0 atom stereocenters. The van der Waals surface area contributed by atoms with Crippen molar-refractivity contribution in [3.05, 3.63) is 82.8 Å². The Morgan fingerprint density at radius 2 is 1.90 bits per heavy atom. The molecule has 0 fully saturated rings. The van der Waals surface area contributed by atoms with E-state index in [9.17, 15) is 4.79 Å². The number of anilines is 1. The Bertz CT molecular complexity index is 1380. The maximum absolute atomic E-state index is 12.6. The fourth-order valence-electron chi connectivity index (χ4n) is 3.38. The highest BCUT2D eigenvalue weighted by Crippen LogP contribution is 2.28. The second-order valence-corrected chi connectivity index (χ2v) is 9.90. The minimum atomic E-state index is -0.0759. The molecule has 0 aliphatic rings. The molecule has 3 aromatic carbocycles. The minimum Gasteiger partial charge on any atom is -0.301 e. The van der Waals surface area contributed by atoms with Gasteiger partial charge in [-0.2, -0.15) is 0 Å². The van der Waals surface area contributed by atoms with E-state index in [4.69, 9.17) is 0 Å². The molecule has 31 heavy (non-hydrogen) atoms. The van der Waals surface area contributed by atoms with Crippen molar-refractivity contribution in [3.8, 4) is 0 Å². The van der Waals surface area contributed by atoms with Gasteiger partial charge in [-0.15, -0.1) is 0 Å². The summed E-state index contributed by atoms with van der Waals surface area (Å²) in [6, 6.07) is 24.4. The number of thiazole rings is 1. The van der Waals surface area contributed by atoms with E-state index >= 15 is 0 Å². The zero-order valence-corrected chi connectivity index (χ0v) is 19.6. The Kier molecular flexibility index (Phi) is 5.76. The Morgan fingerprint density at radius 3 is 2.77 bits per heavy atom. The van der Waals surface area contributed by atoms with Gasteiger partial charge in [0.1, 0.15) is 6.54 Å². The summed E-state index contributed by atoms with van der Waals surface area (Å²) in [6.07, 6.45) is 0. The molecule has 5 aromatic rings. The number of carbonyl (C=O) groups excluding carboxylic acids is 1. The van der Waals surface area contributed by atoms with Gasteiger partial charge in [-0.3, -0.25) is 4.79 Å². The smallest absolute Gasteiger partial charge is 0.301 e. The highest BCUT2D eigenvalue weighted by atomic mass is 79.9. The average molecular weight is 510 g/mol. The Labute approximate surface area is 195 Å². The zero-order valence-electron chi connectivity index (χ0n) is 16.3. The molecule has 2 heterocycles. The SMILES string of the molecule is O=C(CSc1[nH]c2ccccc2[n+]1Cc1ccccc1)Nc1nc2ccc(Br)cc2s1. The number of nitrogens with zero attached hydrogens (tertiary/aromatic N) is 2. The lowest BCUT2D eigenvalue weighted by Gasteiger charge is -2.03. The van der Waals surface area contributed by atoms with Crippen molar-refractivity contribution in [1.82, 2.24) is 9.97 Å². The topological polar surface area (TPSA) is 61.7 Å². The van der Waals surface area contributed by atoms with Gasteiger partial charge in [0.05, 0.1) is 16.0 Å². The first-order chi connectivity index (χ1) is 15.2. The van der Waals surface area contributed by atoms with Crippen LogP contribution in [0.4, 0.5) is 5.13 Å². The molecule has 0 unspecified atom stereocenters. The first-order valence-electron chi connectivity index (χ1n) is 9.69. The first kappa shape index (κ1) is 20.2. The Hall–Kier alpha value is -2.68. The van der Waals surface area contributed by atoms with Crippen molar-refractivity contribution < 1.29 is 9.36 Å². The lowest BCUT2D eigenvalue weighted by Crippen LogP contribution is -2.35. The molecule has 0 radical (unpaired) electrons. The van der Waals surface area contributed by atoms with Gasteiger partial charge in [0.25, 0.3) is 0 Å². The molecule has 5 rings (SSSR count). The number of H-pyrrole nitrogens is 1. The Morgan fingerprint density at radius 1 is 1.10 bits per heavy atom. The second-order valence-electron chi connectivity index (χ2n) is 6.99. The molecule has 8 heteroatoms. The summed E-state index contributed by atoms with van der Waals surface area (Å²) in [7, 11) is 0. The highest BCUT2D eigenvalue weighted by molar-refractivity contribution is 9.10. The van der Waals surface area contributed by atoms with Crippen LogP contribution in [0.2, 0.25) is 0 Å². The molecular weight excluding hydrogens is 492 g/mol. The molecule has 1 amide bonds. The van der Waals surface area contributed by atoms with Gasteiger partial charge in [0.15, 0.2) is 16.2 Å². The van der Waals surface area contributed by atoms with Crippen molar-refractivity contribution in [2.24, 2.45) is 0 Å². The standard InChI is InChI=1S/C23H17BrN4OS2/c24-16-10-11-18-20(12-16)31-22(25-18)27-21(29)14-30-23-26-17-8-4-5-9-19(17)28(23)13-15-6-2-1-3-7-15/h1-12H,13-14H2,(H,25,27,29)/p+1. The monoisotopic (exact) mass is 509 g/mol. The van der Waals surface area contributed by atoms with Gasteiger partial charge >= 0.3 is 5.16 Å². The van der Waals surface area contributed by atoms with Crippen LogP contribution in [-0.2, 0) is 11.3 Å². The van der Waals surface area contributed by atoms with Crippen LogP contribution in [0.15, 0.2) is 82.4 Å². The van der Waals surface area contributed by atoms with E-state index in [0.717, 1.165) is 37.4 Å². The molecule has 0 saturated heterocycles. The molecule has 154 valence electrons. The van der Waals surface area contributed by atoms with Crippen LogP contribution in [0.3, 0.4) is 0 Å². The first-order valence-corrected chi connectivity index (χ1v) is 12.3. The largest absolute Gasteiger partial charge is 0.317 e. The molecular formula is C23H18BrN4OS2+. The van der Waals surface area contributed by atoms with Gasteiger partial charge in [-0.05, 0) is 47.7 Å². The van der Waals surface area contributed by atoms with Crippen molar-refractivity contribution >= 4 is 71.3 Å². The maximum atomic E-state index is 12.6. The van der Waals surface area contributed by atoms with Crippen LogP contribution in [-0.4, -0.2) is 21.6 Å². The van der Waals surface area contributed by atoms with E-state index in [1.807, 2.05) is 48.5 Å². The summed E-state index contributed by atoms with van der Waals surface area (Å²) in [6.45, 7) is 0.738. The number of hydrogen-bond donors (Lipinski definition) is 2. The molecule has 5 nitrogen and oxygen atoms in total. The third kappa shape index (κ3) is 4.51. The zero-order chi connectivity index (χ0) is 21.2. The number of carbonyl (C=O) groups is 1. The molecule has 0 bridgehead atoms. The number of imidazole rings is 1. The van der Waals surface area contributed by atoms with Crippen molar-refractivity contribution in [1.29, 1.82) is 0 Å². The molecule has 0 saturated carbocycles. The number of amides is 1.